The molecular formula is C14H27N3O3. The third-order valence-corrected chi connectivity index (χ3v) is 3.19. The molecule has 0 unspecified atom stereocenters. The molecule has 1 N–H and O–H groups in total. The van der Waals surface area contributed by atoms with Crippen LogP contribution in [0.25, 0.3) is 0 Å². The van der Waals surface area contributed by atoms with E-state index in [0.717, 1.165) is 30.2 Å². The van der Waals surface area contributed by atoms with Gasteiger partial charge in [0.1, 0.15) is 5.82 Å². The molecule has 1 aromatic rings. The van der Waals surface area contributed by atoms with Gasteiger partial charge in [0.15, 0.2) is 0 Å². The Morgan fingerprint density at radius 1 is 1.15 bits per heavy atom. The lowest BCUT2D eigenvalue weighted by molar-refractivity contribution is 0.141. The predicted molar refractivity (Wildman–Crippen MR) is 79.1 cm³/mol. The maximum absolute atomic E-state index is 9.56. The van der Waals surface area contributed by atoms with Crippen molar-refractivity contribution >= 4 is 5.82 Å². The van der Waals surface area contributed by atoms with Crippen molar-refractivity contribution in [2.45, 2.75) is 27.4 Å². The van der Waals surface area contributed by atoms with Crippen LogP contribution in [-0.2, 0) is 23.1 Å². The molecule has 0 aliphatic heterocycles. The lowest BCUT2D eigenvalue weighted by Crippen LogP contribution is -2.33. The van der Waals surface area contributed by atoms with Crippen LogP contribution < -0.4 is 4.90 Å². The highest BCUT2D eigenvalue weighted by Crippen LogP contribution is 2.23. The number of aryl methyl sites for hydroxylation is 2. The fraction of sp³-hybridized carbons (Fsp3) is 0.786. The highest BCUT2D eigenvalue weighted by Gasteiger charge is 2.18. The van der Waals surface area contributed by atoms with Crippen LogP contribution >= 0.6 is 0 Å². The molecule has 116 valence electrons. The molecule has 0 bridgehead atoms. The molecule has 1 heterocycles. The summed E-state index contributed by atoms with van der Waals surface area (Å²) in [6, 6.07) is 0. The molecule has 6 heteroatoms. The number of ether oxygens (including phenoxy) is 2. The Bertz CT molecular complexity index is 383. The Labute approximate surface area is 121 Å². The SMILES string of the molecule is CCOCCN(CCOCC)c1c(CO)c(C)nn1C. The second-order valence-electron chi connectivity index (χ2n) is 4.55. The van der Waals surface area contributed by atoms with Crippen LogP contribution in [0.4, 0.5) is 5.82 Å². The summed E-state index contributed by atoms with van der Waals surface area (Å²) in [5.74, 6) is 0.949. The molecule has 0 amide bonds. The van der Waals surface area contributed by atoms with E-state index in [9.17, 15) is 5.11 Å². The minimum atomic E-state index is -0.00518. The van der Waals surface area contributed by atoms with Gasteiger partial charge >= 0.3 is 0 Å². The van der Waals surface area contributed by atoms with Crippen LogP contribution in [0.1, 0.15) is 25.1 Å². The van der Waals surface area contributed by atoms with Gasteiger partial charge in [-0.05, 0) is 20.8 Å². The van der Waals surface area contributed by atoms with Crippen molar-refractivity contribution in [3.8, 4) is 0 Å². The molecule has 0 spiro atoms. The second kappa shape index (κ2) is 8.94. The number of aliphatic hydroxyl groups is 1. The molecule has 0 saturated heterocycles. The first-order chi connectivity index (χ1) is 9.65. The van der Waals surface area contributed by atoms with Crippen molar-refractivity contribution < 1.29 is 14.6 Å². The molecule has 0 aromatic carbocycles. The largest absolute Gasteiger partial charge is 0.391 e. The number of aliphatic hydroxyl groups excluding tert-OH is 1. The first-order valence-corrected chi connectivity index (χ1v) is 7.19. The van der Waals surface area contributed by atoms with Crippen molar-refractivity contribution in [1.82, 2.24) is 9.78 Å². The smallest absolute Gasteiger partial charge is 0.132 e. The Morgan fingerprint density at radius 3 is 2.15 bits per heavy atom. The molecule has 0 atom stereocenters. The lowest BCUT2D eigenvalue weighted by atomic mass is 10.2. The van der Waals surface area contributed by atoms with E-state index in [1.165, 1.54) is 0 Å². The Hall–Kier alpha value is -1.11. The van der Waals surface area contributed by atoms with Gasteiger partial charge in [0.25, 0.3) is 0 Å². The summed E-state index contributed by atoms with van der Waals surface area (Å²) in [4.78, 5) is 2.16. The molecule has 20 heavy (non-hydrogen) atoms. The van der Waals surface area contributed by atoms with E-state index in [2.05, 4.69) is 10.00 Å². The van der Waals surface area contributed by atoms with Crippen LogP contribution in [0.2, 0.25) is 0 Å². The maximum atomic E-state index is 9.56. The summed E-state index contributed by atoms with van der Waals surface area (Å²) < 4.78 is 12.7. The number of nitrogens with zero attached hydrogens (tertiary/aromatic N) is 3. The number of hydrogen-bond donors (Lipinski definition) is 1. The van der Waals surface area contributed by atoms with Crippen LogP contribution in [0.3, 0.4) is 0 Å². The molecule has 1 aromatic heterocycles. The Balaban J connectivity index is 2.84. The summed E-state index contributed by atoms with van der Waals surface area (Å²) in [5, 5.41) is 14.0. The molecule has 1 rings (SSSR count). The zero-order valence-electron chi connectivity index (χ0n) is 13.1. The van der Waals surface area contributed by atoms with Gasteiger partial charge in [0, 0.05) is 38.9 Å². The Morgan fingerprint density at radius 2 is 1.70 bits per heavy atom. The fourth-order valence-corrected chi connectivity index (χ4v) is 2.23. The highest BCUT2D eigenvalue weighted by molar-refractivity contribution is 5.49. The van der Waals surface area contributed by atoms with Crippen molar-refractivity contribution in [2.24, 2.45) is 7.05 Å². The van der Waals surface area contributed by atoms with E-state index in [1.54, 1.807) is 0 Å². The third-order valence-electron chi connectivity index (χ3n) is 3.19. The molecule has 0 aliphatic rings. The first-order valence-electron chi connectivity index (χ1n) is 7.19. The van der Waals surface area contributed by atoms with Gasteiger partial charge in [-0.25, -0.2) is 0 Å². The van der Waals surface area contributed by atoms with E-state index >= 15 is 0 Å². The average molecular weight is 285 g/mol. The van der Waals surface area contributed by atoms with Gasteiger partial charge in [-0.2, -0.15) is 5.10 Å². The minimum Gasteiger partial charge on any atom is -0.391 e. The normalized spacial score (nSPS) is 11.1. The summed E-state index contributed by atoms with van der Waals surface area (Å²) in [6.45, 7) is 10.1. The van der Waals surface area contributed by atoms with Gasteiger partial charge in [0.2, 0.25) is 0 Å². The van der Waals surface area contributed by atoms with Gasteiger partial charge in [-0.1, -0.05) is 0 Å². The number of rotatable bonds is 10. The monoisotopic (exact) mass is 285 g/mol. The maximum Gasteiger partial charge on any atom is 0.132 e. The van der Waals surface area contributed by atoms with Crippen molar-refractivity contribution in [1.29, 1.82) is 0 Å². The van der Waals surface area contributed by atoms with Crippen LogP contribution in [0.15, 0.2) is 0 Å². The van der Waals surface area contributed by atoms with Crippen molar-refractivity contribution in [3.63, 3.8) is 0 Å². The molecular weight excluding hydrogens is 258 g/mol. The zero-order chi connectivity index (χ0) is 15.0. The molecule has 0 radical (unpaired) electrons. The number of hydrogen-bond acceptors (Lipinski definition) is 5. The minimum absolute atomic E-state index is 0.00518. The van der Waals surface area contributed by atoms with Gasteiger partial charge in [-0.3, -0.25) is 4.68 Å². The van der Waals surface area contributed by atoms with Crippen molar-refractivity contribution in [2.75, 3.05) is 44.4 Å². The molecule has 0 saturated carbocycles. The zero-order valence-corrected chi connectivity index (χ0v) is 13.1. The van der Waals surface area contributed by atoms with E-state index in [-0.39, 0.29) is 6.61 Å². The molecule has 0 aliphatic carbocycles. The quantitative estimate of drug-likeness (QED) is 0.652. The van der Waals surface area contributed by atoms with E-state index in [4.69, 9.17) is 9.47 Å². The summed E-state index contributed by atoms with van der Waals surface area (Å²) in [5.41, 5.74) is 1.74. The average Bonchev–Trinajstić information content (AvgIpc) is 2.71. The van der Waals surface area contributed by atoms with E-state index < -0.39 is 0 Å². The van der Waals surface area contributed by atoms with Crippen molar-refractivity contribution in [3.05, 3.63) is 11.3 Å². The van der Waals surface area contributed by atoms with Crippen LogP contribution in [0, 0.1) is 6.92 Å². The van der Waals surface area contributed by atoms with Gasteiger partial charge < -0.3 is 19.5 Å². The first kappa shape index (κ1) is 16.9. The van der Waals surface area contributed by atoms with Crippen LogP contribution in [0.5, 0.6) is 0 Å². The summed E-state index contributed by atoms with van der Waals surface area (Å²) >= 11 is 0. The fourth-order valence-electron chi connectivity index (χ4n) is 2.23. The summed E-state index contributed by atoms with van der Waals surface area (Å²) in [6.07, 6.45) is 0. The number of anilines is 1. The lowest BCUT2D eigenvalue weighted by Gasteiger charge is -2.25. The third kappa shape index (κ3) is 4.47. The predicted octanol–water partition coefficient (Wildman–Crippen LogP) is 1.10. The van der Waals surface area contributed by atoms with Gasteiger partial charge in [0.05, 0.1) is 25.5 Å². The second-order valence-corrected chi connectivity index (χ2v) is 4.55. The summed E-state index contributed by atoms with van der Waals surface area (Å²) in [7, 11) is 1.90. The van der Waals surface area contributed by atoms with E-state index in [1.807, 2.05) is 32.5 Å². The molecule has 6 nitrogen and oxygen atoms in total. The van der Waals surface area contributed by atoms with E-state index in [0.29, 0.717) is 26.4 Å². The topological polar surface area (TPSA) is 59.8 Å². The Kier molecular flexibility index (Phi) is 7.58. The molecule has 0 fully saturated rings. The number of aromatic nitrogens is 2. The van der Waals surface area contributed by atoms with Crippen LogP contribution in [-0.4, -0.2) is 54.4 Å². The highest BCUT2D eigenvalue weighted by atomic mass is 16.5. The van der Waals surface area contributed by atoms with Gasteiger partial charge in [-0.15, -0.1) is 0 Å². The standard InChI is InChI=1S/C14H27N3O3/c1-5-19-9-7-17(8-10-20-6-2)14-13(11-18)12(3)15-16(14)4/h18H,5-11H2,1-4H3.